The number of nitrogens with one attached hydrogen (secondary N) is 1. The monoisotopic (exact) mass is 495 g/mol. The Morgan fingerprint density at radius 3 is 2.49 bits per heavy atom. The number of hydrogen-bond donors (Lipinski definition) is 1. The second-order valence-corrected chi connectivity index (χ2v) is 7.43. The lowest BCUT2D eigenvalue weighted by Gasteiger charge is -2.20. The first-order valence-electron chi connectivity index (χ1n) is 9.95. The molecule has 1 unspecified atom stereocenters. The number of rotatable bonds is 5. The minimum atomic E-state index is -5.02. The van der Waals surface area contributed by atoms with Crippen LogP contribution in [0.25, 0.3) is 11.5 Å². The molecule has 1 atom stereocenters. The van der Waals surface area contributed by atoms with Crippen LogP contribution in [-0.4, -0.2) is 25.8 Å². The van der Waals surface area contributed by atoms with E-state index in [0.717, 1.165) is 10.7 Å². The maximum atomic E-state index is 13.5. The summed E-state index contributed by atoms with van der Waals surface area (Å²) in [4.78, 5) is 16.6. The molecule has 0 aliphatic carbocycles. The molecule has 0 aliphatic rings. The van der Waals surface area contributed by atoms with Gasteiger partial charge in [-0.05, 0) is 36.8 Å². The minimum absolute atomic E-state index is 0.0712. The fraction of sp³-hybridized carbons (Fsp3) is 0.182. The molecule has 0 spiro atoms. The van der Waals surface area contributed by atoms with Crippen LogP contribution in [0.4, 0.5) is 32.0 Å². The third-order valence-corrected chi connectivity index (χ3v) is 5.05. The zero-order chi connectivity index (χ0) is 25.4. The Kier molecular flexibility index (Phi) is 6.09. The number of pyridine rings is 1. The van der Waals surface area contributed by atoms with Gasteiger partial charge in [0.2, 0.25) is 0 Å². The standard InChI is InChI=1S/C22H15F6N5O2/c1-12(15-6-5-13(21(23,24)25)8-16(15)22(26,27)28)33-11-14(10-30-33)31-20(34)18-9-19(35-32-18)17-4-2-3-7-29-17/h2-12H,1H3,(H,31,34). The van der Waals surface area contributed by atoms with Gasteiger partial charge in [0, 0.05) is 18.5 Å². The number of nitrogens with zero attached hydrogens (tertiary/aromatic N) is 4. The zero-order valence-electron chi connectivity index (χ0n) is 17.7. The predicted molar refractivity (Wildman–Crippen MR) is 110 cm³/mol. The average molecular weight is 495 g/mol. The molecule has 7 nitrogen and oxygen atoms in total. The molecular weight excluding hydrogens is 480 g/mol. The Morgan fingerprint density at radius 2 is 1.83 bits per heavy atom. The second kappa shape index (κ2) is 8.89. The van der Waals surface area contributed by atoms with Crippen LogP contribution in [0.1, 0.15) is 40.1 Å². The minimum Gasteiger partial charge on any atom is -0.354 e. The molecule has 0 fully saturated rings. The lowest BCUT2D eigenvalue weighted by atomic mass is 9.98. The first kappa shape index (κ1) is 24.0. The molecule has 0 bridgehead atoms. The quantitative estimate of drug-likeness (QED) is 0.352. The summed E-state index contributed by atoms with van der Waals surface area (Å²) in [6.07, 6.45) is -5.98. The Bertz CT molecular complexity index is 1340. The molecule has 182 valence electrons. The summed E-state index contributed by atoms with van der Waals surface area (Å²) in [6.45, 7) is 1.34. The predicted octanol–water partition coefficient (Wildman–Crippen LogP) is 5.83. The lowest BCUT2D eigenvalue weighted by Crippen LogP contribution is -2.17. The van der Waals surface area contributed by atoms with Crippen molar-refractivity contribution in [2.45, 2.75) is 25.3 Å². The van der Waals surface area contributed by atoms with E-state index in [1.54, 1.807) is 18.2 Å². The smallest absolute Gasteiger partial charge is 0.354 e. The van der Waals surface area contributed by atoms with Gasteiger partial charge in [-0.15, -0.1) is 0 Å². The number of halogens is 6. The molecule has 13 heteroatoms. The second-order valence-electron chi connectivity index (χ2n) is 7.43. The molecule has 0 saturated heterocycles. The number of hydrogen-bond acceptors (Lipinski definition) is 5. The summed E-state index contributed by atoms with van der Waals surface area (Å²) in [5.41, 5.74) is -2.74. The van der Waals surface area contributed by atoms with E-state index in [0.29, 0.717) is 11.8 Å². The number of alkyl halides is 6. The molecule has 35 heavy (non-hydrogen) atoms. The molecule has 1 amide bonds. The maximum Gasteiger partial charge on any atom is 0.416 e. The molecule has 0 aliphatic heterocycles. The fourth-order valence-corrected chi connectivity index (χ4v) is 3.31. The Labute approximate surface area is 193 Å². The van der Waals surface area contributed by atoms with Crippen LogP contribution in [-0.2, 0) is 12.4 Å². The van der Waals surface area contributed by atoms with E-state index in [2.05, 4.69) is 20.6 Å². The van der Waals surface area contributed by atoms with Crippen molar-refractivity contribution in [1.29, 1.82) is 0 Å². The first-order valence-corrected chi connectivity index (χ1v) is 9.95. The molecule has 1 N–H and O–H groups in total. The van der Waals surface area contributed by atoms with Gasteiger partial charge in [0.15, 0.2) is 11.5 Å². The maximum absolute atomic E-state index is 13.5. The van der Waals surface area contributed by atoms with Crippen LogP contribution in [0.5, 0.6) is 0 Å². The third kappa shape index (κ3) is 5.18. The molecule has 0 radical (unpaired) electrons. The van der Waals surface area contributed by atoms with E-state index < -0.39 is 41.0 Å². The molecule has 0 saturated carbocycles. The SMILES string of the molecule is CC(c1ccc(C(F)(F)F)cc1C(F)(F)F)n1cc(NC(=O)c2cc(-c3ccccn3)on2)cn1. The number of benzene rings is 1. The number of amides is 1. The fourth-order valence-electron chi connectivity index (χ4n) is 3.31. The van der Waals surface area contributed by atoms with Crippen molar-refractivity contribution in [3.05, 3.63) is 83.4 Å². The normalized spacial score (nSPS) is 13.0. The number of aromatic nitrogens is 4. The van der Waals surface area contributed by atoms with Gasteiger partial charge in [-0.2, -0.15) is 31.4 Å². The molecule has 4 rings (SSSR count). The number of carbonyl (C=O) groups is 1. The summed E-state index contributed by atoms with van der Waals surface area (Å²) in [7, 11) is 0. The van der Waals surface area contributed by atoms with E-state index in [4.69, 9.17) is 4.52 Å². The first-order chi connectivity index (χ1) is 16.4. The number of anilines is 1. The van der Waals surface area contributed by atoms with Gasteiger partial charge in [0.05, 0.1) is 29.1 Å². The molecule has 3 heterocycles. The van der Waals surface area contributed by atoms with Crippen molar-refractivity contribution in [1.82, 2.24) is 19.9 Å². The summed E-state index contributed by atoms with van der Waals surface area (Å²) in [5.74, 6) is -0.421. The van der Waals surface area contributed by atoms with E-state index in [1.807, 2.05) is 0 Å². The molecule has 3 aromatic heterocycles. The van der Waals surface area contributed by atoms with Gasteiger partial charge in [-0.25, -0.2) is 0 Å². The highest BCUT2D eigenvalue weighted by atomic mass is 19.4. The van der Waals surface area contributed by atoms with Crippen LogP contribution in [0.3, 0.4) is 0 Å². The van der Waals surface area contributed by atoms with E-state index in [-0.39, 0.29) is 23.2 Å². The Hall–Kier alpha value is -4.16. The Morgan fingerprint density at radius 1 is 1.06 bits per heavy atom. The van der Waals surface area contributed by atoms with Crippen molar-refractivity contribution in [3.63, 3.8) is 0 Å². The van der Waals surface area contributed by atoms with Crippen LogP contribution in [0.15, 0.2) is 65.6 Å². The topological polar surface area (TPSA) is 85.8 Å². The third-order valence-electron chi connectivity index (χ3n) is 5.05. The van der Waals surface area contributed by atoms with Crippen molar-refractivity contribution < 1.29 is 35.7 Å². The highest BCUT2D eigenvalue weighted by Gasteiger charge is 2.39. The molecule has 4 aromatic rings. The zero-order valence-corrected chi connectivity index (χ0v) is 17.7. The van der Waals surface area contributed by atoms with Crippen molar-refractivity contribution in [3.8, 4) is 11.5 Å². The van der Waals surface area contributed by atoms with E-state index in [9.17, 15) is 31.1 Å². The average Bonchev–Trinajstić information content (AvgIpc) is 3.48. The number of carbonyl (C=O) groups excluding carboxylic acids is 1. The molecule has 1 aromatic carbocycles. The van der Waals surface area contributed by atoms with E-state index in [1.165, 1.54) is 31.6 Å². The van der Waals surface area contributed by atoms with Gasteiger partial charge in [0.1, 0.15) is 5.69 Å². The highest BCUT2D eigenvalue weighted by molar-refractivity contribution is 6.03. The van der Waals surface area contributed by atoms with Crippen molar-refractivity contribution in [2.24, 2.45) is 0 Å². The van der Waals surface area contributed by atoms with Crippen LogP contribution in [0, 0.1) is 0 Å². The summed E-state index contributed by atoms with van der Waals surface area (Å²) in [5, 5.41) is 10.1. The van der Waals surface area contributed by atoms with Crippen molar-refractivity contribution >= 4 is 11.6 Å². The summed E-state index contributed by atoms with van der Waals surface area (Å²) < 4.78 is 85.5. The van der Waals surface area contributed by atoms with Crippen LogP contribution in [0.2, 0.25) is 0 Å². The van der Waals surface area contributed by atoms with Gasteiger partial charge >= 0.3 is 12.4 Å². The van der Waals surface area contributed by atoms with Gasteiger partial charge < -0.3 is 9.84 Å². The summed E-state index contributed by atoms with van der Waals surface area (Å²) in [6, 6.07) is 6.77. The molecular formula is C22H15F6N5O2. The summed E-state index contributed by atoms with van der Waals surface area (Å²) >= 11 is 0. The van der Waals surface area contributed by atoms with Gasteiger partial charge in [-0.1, -0.05) is 17.3 Å². The highest BCUT2D eigenvalue weighted by Crippen LogP contribution is 2.39. The lowest BCUT2D eigenvalue weighted by molar-refractivity contribution is -0.143. The van der Waals surface area contributed by atoms with Gasteiger partial charge in [0.25, 0.3) is 5.91 Å². The van der Waals surface area contributed by atoms with Crippen LogP contribution < -0.4 is 5.32 Å². The van der Waals surface area contributed by atoms with Crippen molar-refractivity contribution in [2.75, 3.05) is 5.32 Å². The van der Waals surface area contributed by atoms with E-state index >= 15 is 0 Å². The largest absolute Gasteiger partial charge is 0.416 e. The van der Waals surface area contributed by atoms with Gasteiger partial charge in [-0.3, -0.25) is 14.5 Å². The Balaban J connectivity index is 1.54. The van der Waals surface area contributed by atoms with Crippen LogP contribution >= 0.6 is 0 Å².